The largest absolute Gasteiger partial charge is 0.491 e. The van der Waals surface area contributed by atoms with Gasteiger partial charge in [-0.05, 0) is 56.4 Å². The molecule has 2 heterocycles. The first-order chi connectivity index (χ1) is 11.6. The third-order valence-electron chi connectivity index (χ3n) is 5.33. The third kappa shape index (κ3) is 4.50. The third-order valence-corrected chi connectivity index (χ3v) is 5.33. The van der Waals surface area contributed by atoms with E-state index in [1.165, 1.54) is 37.9 Å². The minimum atomic E-state index is -0.432. The van der Waals surface area contributed by atoms with Crippen molar-refractivity contribution in [2.45, 2.75) is 51.2 Å². The molecule has 2 aliphatic rings. The number of nitrogens with zero attached hydrogens (tertiary/aromatic N) is 2. The molecule has 2 atom stereocenters. The number of rotatable bonds is 6. The minimum Gasteiger partial charge on any atom is -0.491 e. The van der Waals surface area contributed by atoms with Gasteiger partial charge < -0.3 is 9.84 Å². The van der Waals surface area contributed by atoms with Gasteiger partial charge in [-0.15, -0.1) is 0 Å². The molecule has 1 aromatic rings. The van der Waals surface area contributed by atoms with E-state index in [9.17, 15) is 5.11 Å². The molecular formula is C20H32N2O2. The monoisotopic (exact) mass is 332 g/mol. The Morgan fingerprint density at radius 2 is 1.96 bits per heavy atom. The summed E-state index contributed by atoms with van der Waals surface area (Å²) in [5, 5.41) is 10.4. The Kier molecular flexibility index (Phi) is 6.14. The predicted molar refractivity (Wildman–Crippen MR) is 97.7 cm³/mol. The van der Waals surface area contributed by atoms with Gasteiger partial charge in [0.1, 0.15) is 18.5 Å². The van der Waals surface area contributed by atoms with E-state index in [0.29, 0.717) is 25.1 Å². The summed E-state index contributed by atoms with van der Waals surface area (Å²) in [4.78, 5) is 5.06. The van der Waals surface area contributed by atoms with Crippen LogP contribution in [0.2, 0.25) is 0 Å². The van der Waals surface area contributed by atoms with Crippen molar-refractivity contribution in [2.24, 2.45) is 0 Å². The van der Waals surface area contributed by atoms with Gasteiger partial charge in [-0.25, -0.2) is 0 Å². The highest BCUT2D eigenvalue weighted by Crippen LogP contribution is 2.26. The van der Waals surface area contributed by atoms with E-state index in [1.54, 1.807) is 0 Å². The smallest absolute Gasteiger partial charge is 0.122 e. The molecule has 0 amide bonds. The molecule has 2 saturated heterocycles. The minimum absolute atomic E-state index is 0.370. The molecule has 134 valence electrons. The Morgan fingerprint density at radius 3 is 2.79 bits per heavy atom. The van der Waals surface area contributed by atoms with Gasteiger partial charge in [0.05, 0.1) is 0 Å². The molecule has 2 fully saturated rings. The Labute approximate surface area is 146 Å². The normalized spacial score (nSPS) is 23.9. The highest BCUT2D eigenvalue weighted by molar-refractivity contribution is 5.35. The maximum absolute atomic E-state index is 10.4. The number of aliphatic hydroxyl groups is 1. The van der Waals surface area contributed by atoms with Crippen LogP contribution >= 0.6 is 0 Å². The lowest BCUT2D eigenvalue weighted by Crippen LogP contribution is -2.41. The lowest BCUT2D eigenvalue weighted by Gasteiger charge is -2.27. The molecule has 1 aromatic carbocycles. The number of ether oxygens (including phenoxy) is 1. The van der Waals surface area contributed by atoms with Gasteiger partial charge in [-0.2, -0.15) is 0 Å². The van der Waals surface area contributed by atoms with Gasteiger partial charge in [0.15, 0.2) is 0 Å². The number of benzene rings is 1. The zero-order valence-corrected chi connectivity index (χ0v) is 15.2. The quantitative estimate of drug-likeness (QED) is 0.869. The summed E-state index contributed by atoms with van der Waals surface area (Å²) >= 11 is 0. The Hall–Kier alpha value is -1.10. The SMILES string of the molecule is CC(C)c1ccccc1OCC(O)CN1CCCN2CCCC2C1. The first-order valence-corrected chi connectivity index (χ1v) is 9.49. The number of hydrogen-bond donors (Lipinski definition) is 1. The van der Waals surface area contributed by atoms with Gasteiger partial charge in [0, 0.05) is 19.1 Å². The molecule has 0 saturated carbocycles. The lowest BCUT2D eigenvalue weighted by molar-refractivity contribution is 0.0654. The summed E-state index contributed by atoms with van der Waals surface area (Å²) in [5.41, 5.74) is 1.21. The van der Waals surface area contributed by atoms with Crippen LogP contribution in [0.3, 0.4) is 0 Å². The first-order valence-electron chi connectivity index (χ1n) is 9.49. The Balaban J connectivity index is 1.50. The van der Waals surface area contributed by atoms with Crippen molar-refractivity contribution < 1.29 is 9.84 Å². The second-order valence-corrected chi connectivity index (χ2v) is 7.60. The van der Waals surface area contributed by atoms with Crippen LogP contribution in [0.25, 0.3) is 0 Å². The van der Waals surface area contributed by atoms with Gasteiger partial charge >= 0.3 is 0 Å². The molecule has 24 heavy (non-hydrogen) atoms. The van der Waals surface area contributed by atoms with Crippen molar-refractivity contribution in [3.05, 3.63) is 29.8 Å². The van der Waals surface area contributed by atoms with Gasteiger partial charge in [-0.1, -0.05) is 32.0 Å². The molecule has 0 aliphatic carbocycles. The van der Waals surface area contributed by atoms with Gasteiger partial charge in [0.2, 0.25) is 0 Å². The Bertz CT molecular complexity index is 520. The number of fused-ring (bicyclic) bond motifs is 1. The molecule has 0 bridgehead atoms. The summed E-state index contributed by atoms with van der Waals surface area (Å²) < 4.78 is 5.93. The first kappa shape index (κ1) is 17.7. The summed E-state index contributed by atoms with van der Waals surface area (Å²) in [6.45, 7) is 10.1. The molecule has 4 nitrogen and oxygen atoms in total. The molecule has 0 radical (unpaired) electrons. The highest BCUT2D eigenvalue weighted by atomic mass is 16.5. The van der Waals surface area contributed by atoms with E-state index in [2.05, 4.69) is 29.7 Å². The molecular weight excluding hydrogens is 300 g/mol. The van der Waals surface area contributed by atoms with Crippen molar-refractivity contribution in [3.8, 4) is 5.75 Å². The lowest BCUT2D eigenvalue weighted by atomic mass is 10.0. The number of aliphatic hydroxyl groups excluding tert-OH is 1. The van der Waals surface area contributed by atoms with Crippen LogP contribution in [0.4, 0.5) is 0 Å². The van der Waals surface area contributed by atoms with Crippen LogP contribution in [-0.2, 0) is 0 Å². The van der Waals surface area contributed by atoms with E-state index >= 15 is 0 Å². The zero-order valence-electron chi connectivity index (χ0n) is 15.2. The molecule has 4 heteroatoms. The van der Waals surface area contributed by atoms with E-state index in [1.807, 2.05) is 18.2 Å². The number of para-hydroxylation sites is 1. The number of hydrogen-bond acceptors (Lipinski definition) is 4. The molecule has 0 spiro atoms. The molecule has 0 aromatic heterocycles. The van der Waals surface area contributed by atoms with Crippen molar-refractivity contribution in [1.29, 1.82) is 0 Å². The zero-order chi connectivity index (χ0) is 16.9. The second kappa shape index (κ2) is 8.32. The summed E-state index contributed by atoms with van der Waals surface area (Å²) in [6.07, 6.45) is 3.42. The van der Waals surface area contributed by atoms with Crippen LogP contribution in [0.5, 0.6) is 5.75 Å². The topological polar surface area (TPSA) is 35.9 Å². The van der Waals surface area contributed by atoms with E-state index in [0.717, 1.165) is 18.8 Å². The fourth-order valence-corrected chi connectivity index (χ4v) is 4.07. The van der Waals surface area contributed by atoms with E-state index in [-0.39, 0.29) is 0 Å². The van der Waals surface area contributed by atoms with E-state index < -0.39 is 6.10 Å². The average Bonchev–Trinajstić information content (AvgIpc) is 2.91. The van der Waals surface area contributed by atoms with Crippen LogP contribution in [-0.4, -0.2) is 66.4 Å². The highest BCUT2D eigenvalue weighted by Gasteiger charge is 2.29. The van der Waals surface area contributed by atoms with Crippen molar-refractivity contribution in [1.82, 2.24) is 9.80 Å². The summed E-state index contributed by atoms with van der Waals surface area (Å²) in [6, 6.07) is 8.85. The van der Waals surface area contributed by atoms with Gasteiger partial charge in [0.25, 0.3) is 0 Å². The average molecular weight is 332 g/mol. The summed E-state index contributed by atoms with van der Waals surface area (Å²) in [7, 11) is 0. The van der Waals surface area contributed by atoms with Crippen LogP contribution in [0.1, 0.15) is 44.6 Å². The van der Waals surface area contributed by atoms with Crippen LogP contribution in [0, 0.1) is 0 Å². The van der Waals surface area contributed by atoms with Crippen molar-refractivity contribution in [2.75, 3.05) is 39.3 Å². The summed E-state index contributed by atoms with van der Waals surface area (Å²) in [5.74, 6) is 1.33. The fourth-order valence-electron chi connectivity index (χ4n) is 4.07. The van der Waals surface area contributed by atoms with Crippen molar-refractivity contribution >= 4 is 0 Å². The number of β-amino-alcohol motifs (C(OH)–C–C–N with tert-alkyl or cyclic N) is 1. The van der Waals surface area contributed by atoms with Crippen LogP contribution in [0.15, 0.2) is 24.3 Å². The molecule has 2 aliphatic heterocycles. The standard InChI is InChI=1S/C20H32N2O2/c1-16(2)19-8-3-4-9-20(19)24-15-18(23)14-21-10-6-12-22-11-5-7-17(22)13-21/h3-4,8-9,16-18,23H,5-7,10-15H2,1-2H3. The maximum atomic E-state index is 10.4. The van der Waals surface area contributed by atoms with Crippen molar-refractivity contribution in [3.63, 3.8) is 0 Å². The Morgan fingerprint density at radius 1 is 1.17 bits per heavy atom. The maximum Gasteiger partial charge on any atom is 0.122 e. The van der Waals surface area contributed by atoms with Crippen LogP contribution < -0.4 is 4.74 Å². The predicted octanol–water partition coefficient (Wildman–Crippen LogP) is 2.72. The molecule has 2 unspecified atom stereocenters. The fraction of sp³-hybridized carbons (Fsp3) is 0.700. The van der Waals surface area contributed by atoms with E-state index in [4.69, 9.17) is 4.74 Å². The molecule has 1 N–H and O–H groups in total. The second-order valence-electron chi connectivity index (χ2n) is 7.60. The molecule has 3 rings (SSSR count). The van der Waals surface area contributed by atoms with Gasteiger partial charge in [-0.3, -0.25) is 9.80 Å².